The van der Waals surface area contributed by atoms with Crippen LogP contribution in [0.5, 0.6) is 0 Å². The normalized spacial score (nSPS) is 24.5. The highest BCUT2D eigenvalue weighted by Gasteiger charge is 2.26. The summed E-state index contributed by atoms with van der Waals surface area (Å²) in [7, 11) is -1.07. The Morgan fingerprint density at radius 1 is 1.58 bits per heavy atom. The van der Waals surface area contributed by atoms with Gasteiger partial charge in [-0.3, -0.25) is 4.21 Å². The van der Waals surface area contributed by atoms with Crippen LogP contribution in [0.25, 0.3) is 0 Å². The fourth-order valence-corrected chi connectivity index (χ4v) is 2.16. The van der Waals surface area contributed by atoms with Crippen LogP contribution in [-0.4, -0.2) is 21.2 Å². The molecule has 1 saturated heterocycles. The predicted octanol–water partition coefficient (Wildman–Crippen LogP) is 0.936. The molecule has 0 bridgehead atoms. The summed E-state index contributed by atoms with van der Waals surface area (Å²) in [5.74, 6) is 0. The standard InChI is InChI=1S/C8H9NO2S/c10-12(8-4-6-11-8)7-3-1-2-5-9-7/h1-3,5,8H,4,6H2. The van der Waals surface area contributed by atoms with Crippen molar-refractivity contribution in [3.05, 3.63) is 24.4 Å². The summed E-state index contributed by atoms with van der Waals surface area (Å²) in [6.07, 6.45) is 2.52. The molecule has 1 aliphatic heterocycles. The average molecular weight is 183 g/mol. The van der Waals surface area contributed by atoms with Gasteiger partial charge in [-0.1, -0.05) is 6.07 Å². The second kappa shape index (κ2) is 3.33. The van der Waals surface area contributed by atoms with Gasteiger partial charge in [-0.15, -0.1) is 0 Å². The molecule has 0 spiro atoms. The lowest BCUT2D eigenvalue weighted by Gasteiger charge is -2.24. The average Bonchev–Trinajstić information content (AvgIpc) is 2.03. The third-order valence-electron chi connectivity index (χ3n) is 1.74. The molecule has 12 heavy (non-hydrogen) atoms. The van der Waals surface area contributed by atoms with Crippen molar-refractivity contribution in [1.29, 1.82) is 0 Å². The van der Waals surface area contributed by atoms with E-state index in [2.05, 4.69) is 4.98 Å². The minimum absolute atomic E-state index is 0.125. The molecule has 0 amide bonds. The van der Waals surface area contributed by atoms with Crippen molar-refractivity contribution in [3.8, 4) is 0 Å². The van der Waals surface area contributed by atoms with E-state index >= 15 is 0 Å². The zero-order chi connectivity index (χ0) is 8.39. The van der Waals surface area contributed by atoms with Crippen molar-refractivity contribution in [2.75, 3.05) is 6.61 Å². The Morgan fingerprint density at radius 3 is 2.92 bits per heavy atom. The van der Waals surface area contributed by atoms with Gasteiger partial charge < -0.3 is 4.74 Å². The van der Waals surface area contributed by atoms with Gasteiger partial charge in [-0.2, -0.15) is 0 Å². The zero-order valence-corrected chi connectivity index (χ0v) is 7.29. The van der Waals surface area contributed by atoms with Crippen molar-refractivity contribution >= 4 is 10.8 Å². The fourth-order valence-electron chi connectivity index (χ4n) is 0.984. The van der Waals surface area contributed by atoms with Crippen LogP contribution in [0.15, 0.2) is 29.4 Å². The molecule has 0 saturated carbocycles. The van der Waals surface area contributed by atoms with E-state index in [1.54, 1.807) is 12.3 Å². The summed E-state index contributed by atoms with van der Waals surface area (Å²) in [5.41, 5.74) is -0.125. The first-order chi connectivity index (χ1) is 5.88. The summed E-state index contributed by atoms with van der Waals surface area (Å²) in [6.45, 7) is 0.725. The second-order valence-corrected chi connectivity index (χ2v) is 4.09. The fraction of sp³-hybridized carbons (Fsp3) is 0.375. The molecule has 2 heterocycles. The number of rotatable bonds is 2. The molecule has 1 aromatic rings. The van der Waals surface area contributed by atoms with Gasteiger partial charge in [0.25, 0.3) is 0 Å². The lowest BCUT2D eigenvalue weighted by molar-refractivity contribution is 0.00627. The van der Waals surface area contributed by atoms with Gasteiger partial charge in [0.05, 0.1) is 6.61 Å². The maximum atomic E-state index is 11.6. The molecule has 0 radical (unpaired) electrons. The third-order valence-corrected chi connectivity index (χ3v) is 3.24. The molecule has 4 heteroatoms. The molecule has 2 rings (SSSR count). The minimum atomic E-state index is -1.07. The summed E-state index contributed by atoms with van der Waals surface area (Å²) in [5, 5.41) is 0.613. The van der Waals surface area contributed by atoms with Crippen LogP contribution in [0.2, 0.25) is 0 Å². The molecule has 64 valence electrons. The Balaban J connectivity index is 2.14. The SMILES string of the molecule is O=S(c1ccccn1)C1CCO1. The van der Waals surface area contributed by atoms with Gasteiger partial charge in [0.2, 0.25) is 0 Å². The smallest absolute Gasteiger partial charge is 0.140 e. The molecule has 1 aromatic heterocycles. The largest absolute Gasteiger partial charge is 0.364 e. The van der Waals surface area contributed by atoms with Gasteiger partial charge >= 0.3 is 0 Å². The topological polar surface area (TPSA) is 39.2 Å². The van der Waals surface area contributed by atoms with Gasteiger partial charge in [-0.25, -0.2) is 4.98 Å². The number of nitrogens with zero attached hydrogens (tertiary/aromatic N) is 1. The van der Waals surface area contributed by atoms with Crippen molar-refractivity contribution in [2.45, 2.75) is 16.9 Å². The van der Waals surface area contributed by atoms with Crippen LogP contribution in [0.4, 0.5) is 0 Å². The van der Waals surface area contributed by atoms with Crippen LogP contribution in [0, 0.1) is 0 Å². The number of pyridine rings is 1. The Kier molecular flexibility index (Phi) is 2.19. The third kappa shape index (κ3) is 1.40. The highest BCUT2D eigenvalue weighted by Crippen LogP contribution is 2.19. The summed E-state index contributed by atoms with van der Waals surface area (Å²) in [4.78, 5) is 4.00. The Morgan fingerprint density at radius 2 is 2.42 bits per heavy atom. The van der Waals surface area contributed by atoms with Gasteiger partial charge in [0, 0.05) is 12.6 Å². The monoisotopic (exact) mass is 183 g/mol. The maximum Gasteiger partial charge on any atom is 0.140 e. The Bertz CT molecular complexity index is 284. The molecular weight excluding hydrogens is 174 g/mol. The lowest BCUT2D eigenvalue weighted by Crippen LogP contribution is -2.31. The first kappa shape index (κ1) is 7.89. The number of ether oxygens (including phenoxy) is 1. The van der Waals surface area contributed by atoms with Gasteiger partial charge in [-0.05, 0) is 12.1 Å². The molecule has 0 aromatic carbocycles. The highest BCUT2D eigenvalue weighted by molar-refractivity contribution is 7.85. The molecule has 1 aliphatic rings. The first-order valence-electron chi connectivity index (χ1n) is 3.81. The van der Waals surface area contributed by atoms with Crippen molar-refractivity contribution in [2.24, 2.45) is 0 Å². The van der Waals surface area contributed by atoms with Gasteiger partial charge in [0.15, 0.2) is 0 Å². The van der Waals surface area contributed by atoms with Crippen LogP contribution in [-0.2, 0) is 15.5 Å². The predicted molar refractivity (Wildman–Crippen MR) is 45.0 cm³/mol. The summed E-state index contributed by atoms with van der Waals surface area (Å²) >= 11 is 0. The van der Waals surface area contributed by atoms with Crippen LogP contribution in [0.3, 0.4) is 0 Å². The van der Waals surface area contributed by atoms with Crippen LogP contribution >= 0.6 is 0 Å². The lowest BCUT2D eigenvalue weighted by atomic mass is 10.4. The number of hydrogen-bond donors (Lipinski definition) is 0. The molecule has 2 unspecified atom stereocenters. The zero-order valence-electron chi connectivity index (χ0n) is 6.47. The van der Waals surface area contributed by atoms with Crippen molar-refractivity contribution < 1.29 is 8.95 Å². The Labute approximate surface area is 73.2 Å². The molecule has 0 aliphatic carbocycles. The quantitative estimate of drug-likeness (QED) is 0.685. The molecule has 0 N–H and O–H groups in total. The first-order valence-corrected chi connectivity index (χ1v) is 5.02. The summed E-state index contributed by atoms with van der Waals surface area (Å²) in [6, 6.07) is 5.40. The summed E-state index contributed by atoms with van der Waals surface area (Å²) < 4.78 is 16.7. The van der Waals surface area contributed by atoms with E-state index in [4.69, 9.17) is 4.74 Å². The van der Waals surface area contributed by atoms with E-state index < -0.39 is 10.8 Å². The molecule has 2 atom stereocenters. The van der Waals surface area contributed by atoms with E-state index in [0.717, 1.165) is 13.0 Å². The second-order valence-electron chi connectivity index (χ2n) is 2.55. The maximum absolute atomic E-state index is 11.6. The highest BCUT2D eigenvalue weighted by atomic mass is 32.2. The van der Waals surface area contributed by atoms with E-state index in [1.165, 1.54) is 0 Å². The molecule has 1 fully saturated rings. The van der Waals surface area contributed by atoms with E-state index in [-0.39, 0.29) is 5.44 Å². The van der Waals surface area contributed by atoms with E-state index in [9.17, 15) is 4.21 Å². The van der Waals surface area contributed by atoms with E-state index in [0.29, 0.717) is 5.03 Å². The van der Waals surface area contributed by atoms with Gasteiger partial charge in [0.1, 0.15) is 21.3 Å². The van der Waals surface area contributed by atoms with E-state index in [1.807, 2.05) is 12.1 Å². The van der Waals surface area contributed by atoms with Crippen molar-refractivity contribution in [3.63, 3.8) is 0 Å². The number of aromatic nitrogens is 1. The number of hydrogen-bond acceptors (Lipinski definition) is 3. The minimum Gasteiger partial charge on any atom is -0.364 e. The van der Waals surface area contributed by atoms with Crippen LogP contribution in [0.1, 0.15) is 6.42 Å². The molecule has 3 nitrogen and oxygen atoms in total. The van der Waals surface area contributed by atoms with Crippen molar-refractivity contribution in [1.82, 2.24) is 4.98 Å². The molecular formula is C8H9NO2S. The Hall–Kier alpha value is -0.740. The van der Waals surface area contributed by atoms with Crippen LogP contribution < -0.4 is 0 Å².